The molecule has 0 aromatic heterocycles. The second-order valence-corrected chi connectivity index (χ2v) is 5.34. The van der Waals surface area contributed by atoms with Crippen molar-refractivity contribution in [2.45, 2.75) is 39.0 Å². The molecule has 1 amide bonds. The van der Waals surface area contributed by atoms with Crippen molar-refractivity contribution in [3.63, 3.8) is 0 Å². The number of ether oxygens (including phenoxy) is 1. The van der Waals surface area contributed by atoms with E-state index in [0.29, 0.717) is 18.7 Å². The molecule has 1 aromatic rings. The van der Waals surface area contributed by atoms with Crippen LogP contribution in [-0.2, 0) is 9.53 Å². The van der Waals surface area contributed by atoms with E-state index in [2.05, 4.69) is 5.32 Å². The van der Waals surface area contributed by atoms with Gasteiger partial charge < -0.3 is 15.2 Å². The molecule has 1 aromatic carbocycles. The molecule has 0 radical (unpaired) electrons. The standard InChI is InChI=1S/C16H21NO4/c1-2-9-21-16(20)13-10-12(7-8-14(13)18)17-15(19)11-5-3-4-6-11/h7-8,10-11,18H,2-6,9H2,1H3,(H,17,19). The Morgan fingerprint density at radius 1 is 1.33 bits per heavy atom. The van der Waals surface area contributed by atoms with E-state index in [4.69, 9.17) is 4.74 Å². The summed E-state index contributed by atoms with van der Waals surface area (Å²) in [4.78, 5) is 23.9. The van der Waals surface area contributed by atoms with E-state index in [9.17, 15) is 14.7 Å². The smallest absolute Gasteiger partial charge is 0.341 e. The fourth-order valence-electron chi connectivity index (χ4n) is 2.48. The molecule has 0 spiro atoms. The van der Waals surface area contributed by atoms with Gasteiger partial charge in [0.2, 0.25) is 5.91 Å². The second-order valence-electron chi connectivity index (χ2n) is 5.34. The van der Waals surface area contributed by atoms with E-state index in [1.165, 1.54) is 12.1 Å². The lowest BCUT2D eigenvalue weighted by atomic mass is 10.1. The fraction of sp³-hybridized carbons (Fsp3) is 0.500. The molecule has 0 heterocycles. The van der Waals surface area contributed by atoms with Crippen molar-refractivity contribution in [1.29, 1.82) is 0 Å². The molecule has 2 N–H and O–H groups in total. The Balaban J connectivity index is 2.06. The third-order valence-electron chi connectivity index (χ3n) is 3.65. The maximum absolute atomic E-state index is 12.1. The molecule has 0 bridgehead atoms. The van der Waals surface area contributed by atoms with Gasteiger partial charge in [-0.1, -0.05) is 19.8 Å². The predicted molar refractivity (Wildman–Crippen MR) is 79.3 cm³/mol. The molecule has 1 fully saturated rings. The maximum Gasteiger partial charge on any atom is 0.341 e. The van der Waals surface area contributed by atoms with E-state index in [-0.39, 0.29) is 23.1 Å². The summed E-state index contributed by atoms with van der Waals surface area (Å²) in [5.41, 5.74) is 0.584. The van der Waals surface area contributed by atoms with Crippen LogP contribution >= 0.6 is 0 Å². The largest absolute Gasteiger partial charge is 0.507 e. The quantitative estimate of drug-likeness (QED) is 0.645. The summed E-state index contributed by atoms with van der Waals surface area (Å²) in [6, 6.07) is 4.44. The summed E-state index contributed by atoms with van der Waals surface area (Å²) >= 11 is 0. The summed E-state index contributed by atoms with van der Waals surface area (Å²) in [7, 11) is 0. The average molecular weight is 291 g/mol. The van der Waals surface area contributed by atoms with Gasteiger partial charge in [-0.3, -0.25) is 4.79 Å². The van der Waals surface area contributed by atoms with E-state index in [1.54, 1.807) is 6.07 Å². The number of carbonyl (C=O) groups is 2. The number of anilines is 1. The Kier molecular flexibility index (Phi) is 5.20. The summed E-state index contributed by atoms with van der Waals surface area (Å²) in [6.45, 7) is 2.20. The second kappa shape index (κ2) is 7.11. The number of nitrogens with one attached hydrogen (secondary N) is 1. The summed E-state index contributed by atoms with van der Waals surface area (Å²) < 4.78 is 5.01. The van der Waals surface area contributed by atoms with Gasteiger partial charge in [-0.15, -0.1) is 0 Å². The van der Waals surface area contributed by atoms with Crippen LogP contribution in [0.1, 0.15) is 49.4 Å². The average Bonchev–Trinajstić information content (AvgIpc) is 3.01. The van der Waals surface area contributed by atoms with Gasteiger partial charge in [0.1, 0.15) is 11.3 Å². The first-order chi connectivity index (χ1) is 10.1. The molecule has 1 saturated carbocycles. The van der Waals surface area contributed by atoms with Crippen molar-refractivity contribution >= 4 is 17.6 Å². The molecule has 114 valence electrons. The molecule has 5 nitrogen and oxygen atoms in total. The van der Waals surface area contributed by atoms with Crippen molar-refractivity contribution in [2.24, 2.45) is 5.92 Å². The Morgan fingerprint density at radius 3 is 2.71 bits per heavy atom. The molecule has 1 aliphatic carbocycles. The number of amides is 1. The van der Waals surface area contributed by atoms with Crippen LogP contribution in [0.5, 0.6) is 5.75 Å². The van der Waals surface area contributed by atoms with Crippen molar-refractivity contribution in [3.05, 3.63) is 23.8 Å². The van der Waals surface area contributed by atoms with Crippen LogP contribution in [0, 0.1) is 5.92 Å². The highest BCUT2D eigenvalue weighted by atomic mass is 16.5. The van der Waals surface area contributed by atoms with E-state index in [1.807, 2.05) is 6.92 Å². The number of aromatic hydroxyl groups is 1. The lowest BCUT2D eigenvalue weighted by Gasteiger charge is -2.12. The first-order valence-electron chi connectivity index (χ1n) is 7.42. The van der Waals surface area contributed by atoms with E-state index in [0.717, 1.165) is 25.7 Å². The molecular formula is C16H21NO4. The Labute approximate surface area is 124 Å². The summed E-state index contributed by atoms with van der Waals surface area (Å²) in [6.07, 6.45) is 4.71. The monoisotopic (exact) mass is 291 g/mol. The number of esters is 1. The van der Waals surface area contributed by atoms with Gasteiger partial charge in [-0.05, 0) is 37.5 Å². The molecule has 5 heteroatoms. The number of phenolic OH excluding ortho intramolecular Hbond substituents is 1. The number of hydrogen-bond donors (Lipinski definition) is 2. The fourth-order valence-corrected chi connectivity index (χ4v) is 2.48. The van der Waals surface area contributed by atoms with Gasteiger partial charge in [0, 0.05) is 11.6 Å². The van der Waals surface area contributed by atoms with Crippen molar-refractivity contribution in [1.82, 2.24) is 0 Å². The van der Waals surface area contributed by atoms with Gasteiger partial charge in [0.25, 0.3) is 0 Å². The molecule has 0 aliphatic heterocycles. The molecule has 0 saturated heterocycles. The third kappa shape index (κ3) is 3.97. The summed E-state index contributed by atoms with van der Waals surface area (Å²) in [5, 5.41) is 12.5. The lowest BCUT2D eigenvalue weighted by Crippen LogP contribution is -2.20. The minimum Gasteiger partial charge on any atom is -0.507 e. The highest BCUT2D eigenvalue weighted by molar-refractivity contribution is 5.97. The van der Waals surface area contributed by atoms with Gasteiger partial charge in [0.05, 0.1) is 6.61 Å². The first kappa shape index (κ1) is 15.4. The number of phenols is 1. The van der Waals surface area contributed by atoms with E-state index < -0.39 is 5.97 Å². The first-order valence-corrected chi connectivity index (χ1v) is 7.42. The number of carbonyl (C=O) groups excluding carboxylic acids is 2. The van der Waals surface area contributed by atoms with E-state index >= 15 is 0 Å². The molecule has 0 atom stereocenters. The molecule has 21 heavy (non-hydrogen) atoms. The van der Waals surface area contributed by atoms with Crippen molar-refractivity contribution in [3.8, 4) is 5.75 Å². The topological polar surface area (TPSA) is 75.6 Å². The van der Waals surface area contributed by atoms with Gasteiger partial charge in [0.15, 0.2) is 0 Å². The van der Waals surface area contributed by atoms with Gasteiger partial charge >= 0.3 is 5.97 Å². The zero-order valence-electron chi connectivity index (χ0n) is 12.2. The van der Waals surface area contributed by atoms with Crippen molar-refractivity contribution in [2.75, 3.05) is 11.9 Å². The Morgan fingerprint density at radius 2 is 2.05 bits per heavy atom. The lowest BCUT2D eigenvalue weighted by molar-refractivity contribution is -0.119. The van der Waals surface area contributed by atoms with Crippen LogP contribution in [0.15, 0.2) is 18.2 Å². The minimum absolute atomic E-state index is 0.0222. The van der Waals surface area contributed by atoms with Crippen LogP contribution in [0.3, 0.4) is 0 Å². The Bertz CT molecular complexity index is 521. The number of hydrogen-bond acceptors (Lipinski definition) is 4. The highest BCUT2D eigenvalue weighted by Gasteiger charge is 2.23. The number of rotatable bonds is 5. The third-order valence-corrected chi connectivity index (χ3v) is 3.65. The molecular weight excluding hydrogens is 270 g/mol. The zero-order valence-corrected chi connectivity index (χ0v) is 12.2. The van der Waals surface area contributed by atoms with Gasteiger partial charge in [-0.25, -0.2) is 4.79 Å². The Hall–Kier alpha value is -2.04. The molecule has 0 unspecified atom stereocenters. The molecule has 1 aliphatic rings. The zero-order chi connectivity index (χ0) is 15.2. The van der Waals surface area contributed by atoms with Crippen LogP contribution < -0.4 is 5.32 Å². The minimum atomic E-state index is -0.577. The van der Waals surface area contributed by atoms with Crippen LogP contribution in [0.4, 0.5) is 5.69 Å². The predicted octanol–water partition coefficient (Wildman–Crippen LogP) is 3.09. The number of benzene rings is 1. The van der Waals surface area contributed by atoms with Gasteiger partial charge in [-0.2, -0.15) is 0 Å². The normalized spacial score (nSPS) is 14.9. The summed E-state index contributed by atoms with van der Waals surface area (Å²) in [5.74, 6) is -0.693. The highest BCUT2D eigenvalue weighted by Crippen LogP contribution is 2.27. The maximum atomic E-state index is 12.1. The van der Waals surface area contributed by atoms with Crippen LogP contribution in [0.2, 0.25) is 0 Å². The SMILES string of the molecule is CCCOC(=O)c1cc(NC(=O)C2CCCC2)ccc1O. The molecule has 2 rings (SSSR count). The van der Waals surface area contributed by atoms with Crippen LogP contribution in [0.25, 0.3) is 0 Å². The van der Waals surface area contributed by atoms with Crippen LogP contribution in [-0.4, -0.2) is 23.6 Å². The van der Waals surface area contributed by atoms with Crippen molar-refractivity contribution < 1.29 is 19.4 Å².